The SMILES string of the molecule is COc1ccccc1C1CC1C(=O)Nc1cc2c3c(c[nH]c3c1)C=NNC2=O. The van der Waals surface area contributed by atoms with Crippen LogP contribution in [0.4, 0.5) is 5.69 Å². The summed E-state index contributed by atoms with van der Waals surface area (Å²) in [5.74, 6) is 0.492. The molecule has 1 fully saturated rings. The van der Waals surface area contributed by atoms with Crippen LogP contribution in [0.3, 0.4) is 0 Å². The molecule has 1 aliphatic heterocycles. The molecule has 140 valence electrons. The topological polar surface area (TPSA) is 95.6 Å². The summed E-state index contributed by atoms with van der Waals surface area (Å²) in [6.07, 6.45) is 4.18. The predicted octanol–water partition coefficient (Wildman–Crippen LogP) is 3.00. The maximum Gasteiger partial charge on any atom is 0.272 e. The van der Waals surface area contributed by atoms with Gasteiger partial charge in [0.25, 0.3) is 5.91 Å². The van der Waals surface area contributed by atoms with Crippen molar-refractivity contribution in [3.63, 3.8) is 0 Å². The molecular weight excluding hydrogens is 356 g/mol. The highest BCUT2D eigenvalue weighted by atomic mass is 16.5. The Labute approximate surface area is 160 Å². The predicted molar refractivity (Wildman–Crippen MR) is 106 cm³/mol. The number of amides is 2. The molecule has 0 radical (unpaired) electrons. The summed E-state index contributed by atoms with van der Waals surface area (Å²) in [6, 6.07) is 11.3. The van der Waals surface area contributed by atoms with Crippen LogP contribution in [0.25, 0.3) is 10.9 Å². The second-order valence-electron chi connectivity index (χ2n) is 7.07. The molecule has 1 saturated carbocycles. The van der Waals surface area contributed by atoms with E-state index in [1.807, 2.05) is 30.3 Å². The minimum Gasteiger partial charge on any atom is -0.496 e. The molecule has 1 aromatic heterocycles. The highest BCUT2D eigenvalue weighted by Gasteiger charge is 2.45. The number of carbonyl (C=O) groups is 2. The Morgan fingerprint density at radius 1 is 1.29 bits per heavy atom. The lowest BCUT2D eigenvalue weighted by Crippen LogP contribution is -2.18. The summed E-state index contributed by atoms with van der Waals surface area (Å²) in [7, 11) is 1.64. The van der Waals surface area contributed by atoms with Gasteiger partial charge in [-0.25, -0.2) is 5.43 Å². The van der Waals surface area contributed by atoms with Crippen LogP contribution in [0, 0.1) is 5.92 Å². The fourth-order valence-corrected chi connectivity index (χ4v) is 3.90. The van der Waals surface area contributed by atoms with Gasteiger partial charge in [0.05, 0.1) is 18.9 Å². The number of H-pyrrole nitrogens is 1. The first-order chi connectivity index (χ1) is 13.7. The van der Waals surface area contributed by atoms with Gasteiger partial charge in [0.15, 0.2) is 0 Å². The van der Waals surface area contributed by atoms with Gasteiger partial charge in [-0.2, -0.15) is 5.10 Å². The minimum atomic E-state index is -0.297. The standard InChI is InChI=1S/C21H18N4O3/c1-28-18-5-3-2-4-13(18)14-8-15(14)20(26)24-12-6-16-19-11(9-22-17(19)7-12)10-23-25-21(16)27/h2-7,9-10,14-15,22H,8H2,1H3,(H,24,26)(H,25,27). The number of methoxy groups -OCH3 is 1. The molecule has 2 unspecified atom stereocenters. The molecular formula is C21H18N4O3. The maximum absolute atomic E-state index is 12.8. The third-order valence-corrected chi connectivity index (χ3v) is 5.36. The number of rotatable bonds is 4. The number of ether oxygens (including phenoxy) is 1. The Morgan fingerprint density at radius 3 is 3.00 bits per heavy atom. The molecule has 2 heterocycles. The zero-order valence-electron chi connectivity index (χ0n) is 15.2. The molecule has 7 nitrogen and oxygen atoms in total. The van der Waals surface area contributed by atoms with E-state index in [1.54, 1.807) is 25.6 Å². The maximum atomic E-state index is 12.8. The molecule has 0 bridgehead atoms. The normalized spacial score (nSPS) is 19.8. The van der Waals surface area contributed by atoms with Crippen molar-refractivity contribution in [2.24, 2.45) is 11.0 Å². The van der Waals surface area contributed by atoms with Crippen molar-refractivity contribution in [2.45, 2.75) is 12.3 Å². The van der Waals surface area contributed by atoms with Crippen LogP contribution in [0.5, 0.6) is 5.75 Å². The summed E-state index contributed by atoms with van der Waals surface area (Å²) in [5, 5.41) is 7.67. The second kappa shape index (κ2) is 6.23. The molecule has 0 spiro atoms. The average molecular weight is 374 g/mol. The number of para-hydroxylation sites is 1. The van der Waals surface area contributed by atoms with Gasteiger partial charge < -0.3 is 15.0 Å². The number of hydrogen-bond donors (Lipinski definition) is 3. The van der Waals surface area contributed by atoms with E-state index in [2.05, 4.69) is 20.8 Å². The van der Waals surface area contributed by atoms with Crippen LogP contribution < -0.4 is 15.5 Å². The number of nitrogens with zero attached hydrogens (tertiary/aromatic N) is 1. The van der Waals surface area contributed by atoms with Gasteiger partial charge in [-0.1, -0.05) is 18.2 Å². The molecule has 3 N–H and O–H groups in total. The van der Waals surface area contributed by atoms with Crippen molar-refractivity contribution in [3.8, 4) is 5.75 Å². The van der Waals surface area contributed by atoms with Crippen LogP contribution >= 0.6 is 0 Å². The Balaban J connectivity index is 1.40. The van der Waals surface area contributed by atoms with Crippen molar-refractivity contribution >= 4 is 34.6 Å². The molecule has 3 aromatic rings. The van der Waals surface area contributed by atoms with Crippen molar-refractivity contribution in [1.82, 2.24) is 10.4 Å². The van der Waals surface area contributed by atoms with Crippen molar-refractivity contribution < 1.29 is 14.3 Å². The Morgan fingerprint density at radius 2 is 2.14 bits per heavy atom. The molecule has 1 aliphatic carbocycles. The Hall–Kier alpha value is -3.61. The number of aromatic nitrogens is 1. The Kier molecular flexibility index (Phi) is 3.68. The second-order valence-corrected chi connectivity index (χ2v) is 7.07. The number of nitrogens with one attached hydrogen (secondary N) is 3. The minimum absolute atomic E-state index is 0.0560. The summed E-state index contributed by atoms with van der Waals surface area (Å²) >= 11 is 0. The molecule has 2 aromatic carbocycles. The number of anilines is 1. The summed E-state index contributed by atoms with van der Waals surface area (Å²) in [4.78, 5) is 28.2. The third kappa shape index (κ3) is 2.63. The van der Waals surface area contributed by atoms with Crippen LogP contribution in [-0.2, 0) is 4.79 Å². The van der Waals surface area contributed by atoms with Gasteiger partial charge in [-0.15, -0.1) is 0 Å². The van der Waals surface area contributed by atoms with Gasteiger partial charge in [-0.05, 0) is 36.1 Å². The molecule has 0 saturated heterocycles. The molecule has 2 atom stereocenters. The zero-order valence-corrected chi connectivity index (χ0v) is 15.2. The van der Waals surface area contributed by atoms with Gasteiger partial charge >= 0.3 is 0 Å². The average Bonchev–Trinajstić information content (AvgIpc) is 3.44. The lowest BCUT2D eigenvalue weighted by atomic mass is 10.0. The van der Waals surface area contributed by atoms with E-state index in [-0.39, 0.29) is 23.7 Å². The lowest BCUT2D eigenvalue weighted by Gasteiger charge is -2.10. The van der Waals surface area contributed by atoms with Gasteiger partial charge in [-0.3, -0.25) is 9.59 Å². The molecule has 7 heteroatoms. The largest absolute Gasteiger partial charge is 0.496 e. The monoisotopic (exact) mass is 374 g/mol. The van der Waals surface area contributed by atoms with E-state index in [0.29, 0.717) is 11.3 Å². The summed E-state index contributed by atoms with van der Waals surface area (Å²) < 4.78 is 5.41. The van der Waals surface area contributed by atoms with Crippen molar-refractivity contribution in [3.05, 3.63) is 59.3 Å². The highest BCUT2D eigenvalue weighted by Crippen LogP contribution is 2.50. The first-order valence-electron chi connectivity index (χ1n) is 9.08. The quantitative estimate of drug-likeness (QED) is 0.655. The smallest absolute Gasteiger partial charge is 0.272 e. The number of hydrazone groups is 1. The number of carbonyl (C=O) groups excluding carboxylic acids is 2. The number of hydrogen-bond acceptors (Lipinski definition) is 4. The first-order valence-corrected chi connectivity index (χ1v) is 9.08. The Bertz CT molecular complexity index is 1150. The van der Waals surface area contributed by atoms with E-state index in [1.165, 1.54) is 0 Å². The molecule has 2 amide bonds. The number of benzene rings is 2. The van der Waals surface area contributed by atoms with Crippen LogP contribution in [-0.4, -0.2) is 30.1 Å². The van der Waals surface area contributed by atoms with E-state index in [9.17, 15) is 9.59 Å². The highest BCUT2D eigenvalue weighted by molar-refractivity contribution is 6.15. The lowest BCUT2D eigenvalue weighted by molar-refractivity contribution is -0.117. The van der Waals surface area contributed by atoms with Crippen LogP contribution in [0.15, 0.2) is 47.7 Å². The van der Waals surface area contributed by atoms with E-state index in [4.69, 9.17) is 4.74 Å². The fourth-order valence-electron chi connectivity index (χ4n) is 3.90. The molecule has 5 rings (SSSR count). The molecule has 2 aliphatic rings. The van der Waals surface area contributed by atoms with Crippen LogP contribution in [0.2, 0.25) is 0 Å². The zero-order chi connectivity index (χ0) is 19.3. The van der Waals surface area contributed by atoms with E-state index < -0.39 is 0 Å². The summed E-state index contributed by atoms with van der Waals surface area (Å²) in [5.41, 5.74) is 6.22. The van der Waals surface area contributed by atoms with Gasteiger partial charge in [0.2, 0.25) is 5.91 Å². The fraction of sp³-hybridized carbons (Fsp3) is 0.190. The van der Waals surface area contributed by atoms with E-state index >= 15 is 0 Å². The van der Waals surface area contributed by atoms with Crippen LogP contribution in [0.1, 0.15) is 33.8 Å². The van der Waals surface area contributed by atoms with Crippen molar-refractivity contribution in [1.29, 1.82) is 0 Å². The summed E-state index contributed by atoms with van der Waals surface area (Å²) in [6.45, 7) is 0. The van der Waals surface area contributed by atoms with E-state index in [0.717, 1.165) is 34.2 Å². The first kappa shape index (κ1) is 16.6. The van der Waals surface area contributed by atoms with Gasteiger partial charge in [0.1, 0.15) is 5.75 Å². The van der Waals surface area contributed by atoms with Gasteiger partial charge in [0, 0.05) is 34.3 Å². The molecule has 28 heavy (non-hydrogen) atoms. The number of aromatic amines is 1. The van der Waals surface area contributed by atoms with Crippen molar-refractivity contribution in [2.75, 3.05) is 12.4 Å². The third-order valence-electron chi connectivity index (χ3n) is 5.36.